The smallest absolute Gasteiger partial charge is 0.307 e. The molecular weight excluding hydrogens is 277 g/mol. The largest absolute Gasteiger partial charge is 0.497 e. The van der Waals surface area contributed by atoms with Gasteiger partial charge in [-0.2, -0.15) is 0 Å². The summed E-state index contributed by atoms with van der Waals surface area (Å²) in [5.41, 5.74) is 0.719. The standard InChI is InChI=1S/C15H20FNO4/c1-3-21-15(19)9-12(8-13(18)10-16)17-11-4-6-14(20-2)7-5-11/h4-7,12,17H,3,8-10H2,1-2H3/t12-/m0/s1. The number of hydrogen-bond donors (Lipinski definition) is 1. The van der Waals surface area contributed by atoms with Gasteiger partial charge < -0.3 is 14.8 Å². The number of nitrogens with one attached hydrogen (secondary N) is 1. The van der Waals surface area contributed by atoms with Crippen molar-refractivity contribution in [1.29, 1.82) is 0 Å². The molecule has 1 N–H and O–H groups in total. The monoisotopic (exact) mass is 297 g/mol. The molecule has 1 rings (SSSR count). The first-order valence-corrected chi connectivity index (χ1v) is 6.72. The summed E-state index contributed by atoms with van der Waals surface area (Å²) in [7, 11) is 1.56. The van der Waals surface area contributed by atoms with Gasteiger partial charge in [-0.15, -0.1) is 0 Å². The van der Waals surface area contributed by atoms with Crippen LogP contribution in [0.15, 0.2) is 24.3 Å². The van der Waals surface area contributed by atoms with E-state index in [0.717, 1.165) is 5.69 Å². The summed E-state index contributed by atoms with van der Waals surface area (Å²) in [4.78, 5) is 22.8. The number of ether oxygens (including phenoxy) is 2. The van der Waals surface area contributed by atoms with E-state index >= 15 is 0 Å². The lowest BCUT2D eigenvalue weighted by Gasteiger charge is -2.18. The van der Waals surface area contributed by atoms with Gasteiger partial charge in [0.15, 0.2) is 5.78 Å². The maximum Gasteiger partial charge on any atom is 0.307 e. The molecule has 0 saturated carbocycles. The number of alkyl halides is 1. The quantitative estimate of drug-likeness (QED) is 0.709. The molecule has 116 valence electrons. The van der Waals surface area contributed by atoms with Crippen molar-refractivity contribution in [1.82, 2.24) is 0 Å². The van der Waals surface area contributed by atoms with Gasteiger partial charge in [0.25, 0.3) is 0 Å². The Morgan fingerprint density at radius 1 is 1.24 bits per heavy atom. The van der Waals surface area contributed by atoms with E-state index in [1.807, 2.05) is 0 Å². The van der Waals surface area contributed by atoms with Gasteiger partial charge in [-0.05, 0) is 31.2 Å². The van der Waals surface area contributed by atoms with Crippen LogP contribution in [-0.2, 0) is 14.3 Å². The fourth-order valence-electron chi connectivity index (χ4n) is 1.85. The van der Waals surface area contributed by atoms with Crippen LogP contribution in [-0.4, -0.2) is 38.2 Å². The van der Waals surface area contributed by atoms with E-state index in [9.17, 15) is 14.0 Å². The Balaban J connectivity index is 2.69. The molecule has 1 atom stereocenters. The topological polar surface area (TPSA) is 64.6 Å². The van der Waals surface area contributed by atoms with Crippen LogP contribution in [0, 0.1) is 0 Å². The second-order valence-corrected chi connectivity index (χ2v) is 4.46. The number of anilines is 1. The maximum absolute atomic E-state index is 12.4. The molecule has 0 fully saturated rings. The lowest BCUT2D eigenvalue weighted by Crippen LogP contribution is -2.27. The fraction of sp³-hybridized carbons (Fsp3) is 0.467. The van der Waals surface area contributed by atoms with E-state index in [4.69, 9.17) is 9.47 Å². The molecule has 1 aromatic carbocycles. The zero-order chi connectivity index (χ0) is 15.7. The van der Waals surface area contributed by atoms with E-state index in [-0.39, 0.29) is 19.4 Å². The highest BCUT2D eigenvalue weighted by Crippen LogP contribution is 2.17. The molecule has 0 aliphatic rings. The molecule has 0 amide bonds. The normalized spacial score (nSPS) is 11.6. The van der Waals surface area contributed by atoms with Crippen LogP contribution < -0.4 is 10.1 Å². The molecule has 0 unspecified atom stereocenters. The van der Waals surface area contributed by atoms with Gasteiger partial charge in [0.2, 0.25) is 0 Å². The summed E-state index contributed by atoms with van der Waals surface area (Å²) in [6.07, 6.45) is -0.0625. The van der Waals surface area contributed by atoms with Crippen molar-refractivity contribution in [3.05, 3.63) is 24.3 Å². The van der Waals surface area contributed by atoms with Crippen molar-refractivity contribution in [3.8, 4) is 5.75 Å². The SMILES string of the molecule is CCOC(=O)C[C@H](CC(=O)CF)Nc1ccc(OC)cc1. The van der Waals surface area contributed by atoms with Gasteiger partial charge in [-0.25, -0.2) is 4.39 Å². The summed E-state index contributed by atoms with van der Waals surface area (Å²) < 4.78 is 22.3. The summed E-state index contributed by atoms with van der Waals surface area (Å²) in [6.45, 7) is 0.936. The lowest BCUT2D eigenvalue weighted by molar-refractivity contribution is -0.143. The molecule has 0 heterocycles. The molecule has 0 radical (unpaired) electrons. The Hall–Kier alpha value is -2.11. The van der Waals surface area contributed by atoms with Crippen molar-refractivity contribution in [2.24, 2.45) is 0 Å². The average Bonchev–Trinajstić information content (AvgIpc) is 2.48. The van der Waals surface area contributed by atoms with E-state index in [0.29, 0.717) is 5.75 Å². The summed E-state index contributed by atoms with van der Waals surface area (Å²) in [6, 6.07) is 6.52. The third kappa shape index (κ3) is 6.25. The molecule has 0 aliphatic heterocycles. The van der Waals surface area contributed by atoms with Crippen molar-refractivity contribution in [2.45, 2.75) is 25.8 Å². The average molecular weight is 297 g/mol. The molecule has 0 aliphatic carbocycles. The first-order chi connectivity index (χ1) is 10.1. The van der Waals surface area contributed by atoms with Gasteiger partial charge in [0, 0.05) is 18.2 Å². The minimum Gasteiger partial charge on any atom is -0.497 e. The van der Waals surface area contributed by atoms with Crippen LogP contribution in [0.5, 0.6) is 5.75 Å². The predicted octanol–water partition coefficient (Wildman–Crippen LogP) is 2.36. The third-order valence-electron chi connectivity index (χ3n) is 2.80. The molecule has 6 heteroatoms. The summed E-state index contributed by atoms with van der Waals surface area (Å²) >= 11 is 0. The first-order valence-electron chi connectivity index (χ1n) is 6.72. The minimum atomic E-state index is -1.04. The first kappa shape index (κ1) is 16.9. The Labute approximate surface area is 123 Å². The molecule has 0 bridgehead atoms. The van der Waals surface area contributed by atoms with Crippen molar-refractivity contribution in [3.63, 3.8) is 0 Å². The molecule has 21 heavy (non-hydrogen) atoms. The zero-order valence-electron chi connectivity index (χ0n) is 12.2. The third-order valence-corrected chi connectivity index (χ3v) is 2.80. The van der Waals surface area contributed by atoms with Gasteiger partial charge in [0.1, 0.15) is 12.4 Å². The predicted molar refractivity (Wildman–Crippen MR) is 77.3 cm³/mol. The number of Topliss-reactive ketones (excluding diaryl/α,β-unsaturated/α-hetero) is 1. The van der Waals surface area contributed by atoms with E-state index in [1.54, 1.807) is 38.3 Å². The Bertz CT molecular complexity index is 461. The number of methoxy groups -OCH3 is 1. The van der Waals surface area contributed by atoms with Crippen LogP contribution in [0.25, 0.3) is 0 Å². The van der Waals surface area contributed by atoms with Gasteiger partial charge in [-0.1, -0.05) is 0 Å². The van der Waals surface area contributed by atoms with Gasteiger partial charge in [0.05, 0.1) is 20.1 Å². The zero-order valence-corrected chi connectivity index (χ0v) is 12.2. The Morgan fingerprint density at radius 2 is 1.90 bits per heavy atom. The Morgan fingerprint density at radius 3 is 2.43 bits per heavy atom. The highest BCUT2D eigenvalue weighted by Gasteiger charge is 2.18. The van der Waals surface area contributed by atoms with Crippen LogP contribution in [0.2, 0.25) is 0 Å². The van der Waals surface area contributed by atoms with Crippen molar-refractivity contribution in [2.75, 3.05) is 25.7 Å². The van der Waals surface area contributed by atoms with Crippen molar-refractivity contribution >= 4 is 17.4 Å². The molecule has 0 spiro atoms. The Kier molecular flexibility index (Phi) is 7.21. The van der Waals surface area contributed by atoms with Gasteiger partial charge >= 0.3 is 5.97 Å². The molecular formula is C15H20FNO4. The van der Waals surface area contributed by atoms with Crippen LogP contribution >= 0.6 is 0 Å². The van der Waals surface area contributed by atoms with E-state index in [1.165, 1.54) is 0 Å². The molecule has 5 nitrogen and oxygen atoms in total. The summed E-state index contributed by atoms with van der Waals surface area (Å²) in [5, 5.41) is 3.04. The van der Waals surface area contributed by atoms with Crippen molar-refractivity contribution < 1.29 is 23.5 Å². The summed E-state index contributed by atoms with van der Waals surface area (Å²) in [5.74, 6) is -0.275. The number of halogens is 1. The molecule has 1 aromatic rings. The maximum atomic E-state index is 12.4. The number of benzene rings is 1. The number of esters is 1. The fourth-order valence-corrected chi connectivity index (χ4v) is 1.85. The second-order valence-electron chi connectivity index (χ2n) is 4.46. The number of carbonyl (C=O) groups excluding carboxylic acids is 2. The van der Waals surface area contributed by atoms with E-state index in [2.05, 4.69) is 5.32 Å². The van der Waals surface area contributed by atoms with Crippen LogP contribution in [0.4, 0.5) is 10.1 Å². The number of rotatable bonds is 9. The molecule has 0 saturated heterocycles. The van der Waals surface area contributed by atoms with Crippen LogP contribution in [0.1, 0.15) is 19.8 Å². The minimum absolute atomic E-state index is 0.00556. The highest BCUT2D eigenvalue weighted by atomic mass is 19.1. The number of carbonyl (C=O) groups is 2. The lowest BCUT2D eigenvalue weighted by atomic mass is 10.1. The van der Waals surface area contributed by atoms with Crippen LogP contribution in [0.3, 0.4) is 0 Å². The van der Waals surface area contributed by atoms with Gasteiger partial charge in [-0.3, -0.25) is 9.59 Å². The molecule has 0 aromatic heterocycles. The number of hydrogen-bond acceptors (Lipinski definition) is 5. The highest BCUT2D eigenvalue weighted by molar-refractivity contribution is 5.81. The second kappa shape index (κ2) is 8.94. The number of ketones is 1. The van der Waals surface area contributed by atoms with E-state index < -0.39 is 24.5 Å².